The molecule has 0 aromatic heterocycles. The van der Waals surface area contributed by atoms with Gasteiger partial charge in [-0.2, -0.15) is 0 Å². The van der Waals surface area contributed by atoms with Crippen LogP contribution in [0, 0.1) is 11.8 Å². The summed E-state index contributed by atoms with van der Waals surface area (Å²) in [5, 5.41) is 6.64. The maximum Gasteiger partial charge on any atom is 0.261 e. The van der Waals surface area contributed by atoms with Gasteiger partial charge < -0.3 is 20.4 Å². The molecule has 12 nitrogen and oxygen atoms in total. The van der Waals surface area contributed by atoms with E-state index in [-0.39, 0.29) is 36.7 Å². The molecule has 0 saturated heterocycles. The highest BCUT2D eigenvalue weighted by atomic mass is 16.2. The predicted molar refractivity (Wildman–Crippen MR) is 198 cm³/mol. The highest BCUT2D eigenvalue weighted by Gasteiger charge is 2.39. The predicted octanol–water partition coefficient (Wildman–Crippen LogP) is 3.17. The number of allylic oxidation sites excluding steroid dienone is 4. The van der Waals surface area contributed by atoms with Gasteiger partial charge in [0.2, 0.25) is 11.8 Å². The van der Waals surface area contributed by atoms with Crippen LogP contribution in [-0.2, 0) is 9.59 Å². The molecule has 2 aromatic carbocycles. The summed E-state index contributed by atoms with van der Waals surface area (Å²) in [7, 11) is 3.93. The van der Waals surface area contributed by atoms with Crippen molar-refractivity contribution in [3.8, 4) is 0 Å². The Morgan fingerprint density at radius 2 is 0.846 bits per heavy atom. The summed E-state index contributed by atoms with van der Waals surface area (Å²) in [6, 6.07) is 6.40. The van der Waals surface area contributed by atoms with Crippen molar-refractivity contribution in [1.82, 2.24) is 30.2 Å². The molecular formula is C40H46N6O6. The van der Waals surface area contributed by atoms with Crippen LogP contribution in [0.4, 0.5) is 0 Å². The molecule has 0 radical (unpaired) electrons. The van der Waals surface area contributed by atoms with E-state index in [0.29, 0.717) is 72.0 Å². The number of nitrogens with one attached hydrogen (secondary N) is 2. The molecule has 0 spiro atoms. The van der Waals surface area contributed by atoms with Crippen molar-refractivity contribution in [2.45, 2.75) is 25.7 Å². The van der Waals surface area contributed by atoms with Crippen LogP contribution in [0.3, 0.4) is 0 Å². The van der Waals surface area contributed by atoms with Gasteiger partial charge >= 0.3 is 0 Å². The van der Waals surface area contributed by atoms with Gasteiger partial charge in [-0.15, -0.1) is 0 Å². The molecule has 2 aliphatic heterocycles. The van der Waals surface area contributed by atoms with Gasteiger partial charge in [0.05, 0.1) is 11.8 Å². The second-order valence-corrected chi connectivity index (χ2v) is 13.8. The summed E-state index contributed by atoms with van der Waals surface area (Å²) < 4.78 is 0. The Labute approximate surface area is 303 Å². The normalized spacial score (nSPS) is 16.5. The monoisotopic (exact) mass is 706 g/mol. The standard InChI is InChI=1S/C40H46N6O6/c1-43(21-7-19-41-35(47)27-11-3-4-12-27)23-9-25-45-37(49)29-15-17-31-34-32(18-16-30(33(29)34)38(45)50)40(52)46(39(31)51)26-10-24-44(2)22-8-20-42-36(48)28-13-5-6-14-28/h3-6,11-18,27-28H,7-10,19-26H2,1-2H3,(H,41,47)(H,42,48). The fraction of sp³-hybridized carbons (Fsp3) is 0.400. The molecular weight excluding hydrogens is 660 g/mol. The molecule has 272 valence electrons. The summed E-state index contributed by atoms with van der Waals surface area (Å²) >= 11 is 0. The molecule has 2 heterocycles. The smallest absolute Gasteiger partial charge is 0.261 e. The molecule has 12 heteroatoms. The summed E-state index contributed by atoms with van der Waals surface area (Å²) in [5.41, 5.74) is 1.26. The molecule has 4 aliphatic rings. The van der Waals surface area contributed by atoms with Gasteiger partial charge in [0.1, 0.15) is 0 Å². The minimum absolute atomic E-state index is 0.0116. The molecule has 0 saturated carbocycles. The lowest BCUT2D eigenvalue weighted by Crippen LogP contribution is -2.44. The Morgan fingerprint density at radius 1 is 0.538 bits per heavy atom. The Bertz CT molecular complexity index is 1670. The number of imide groups is 2. The van der Waals surface area contributed by atoms with Crippen LogP contribution in [0.2, 0.25) is 0 Å². The van der Waals surface area contributed by atoms with Gasteiger partial charge in [0, 0.05) is 59.2 Å². The second kappa shape index (κ2) is 16.4. The van der Waals surface area contributed by atoms with Crippen LogP contribution in [0.15, 0.2) is 72.9 Å². The van der Waals surface area contributed by atoms with Crippen LogP contribution in [0.5, 0.6) is 0 Å². The Kier molecular flexibility index (Phi) is 11.6. The number of carbonyl (C=O) groups excluding carboxylic acids is 6. The number of carbonyl (C=O) groups is 6. The zero-order valence-electron chi connectivity index (χ0n) is 29.8. The number of hydrogen-bond acceptors (Lipinski definition) is 8. The Morgan fingerprint density at radius 3 is 1.17 bits per heavy atom. The van der Waals surface area contributed by atoms with Crippen LogP contribution < -0.4 is 10.6 Å². The zero-order chi connectivity index (χ0) is 36.8. The molecule has 0 atom stereocenters. The van der Waals surface area contributed by atoms with E-state index in [1.807, 2.05) is 62.7 Å². The third-order valence-electron chi connectivity index (χ3n) is 10.0. The van der Waals surface area contributed by atoms with Crippen molar-refractivity contribution >= 4 is 46.2 Å². The van der Waals surface area contributed by atoms with Gasteiger partial charge in [-0.1, -0.05) is 48.6 Å². The van der Waals surface area contributed by atoms with Crippen molar-refractivity contribution in [1.29, 1.82) is 0 Å². The van der Waals surface area contributed by atoms with Crippen LogP contribution in [0.1, 0.15) is 67.1 Å². The van der Waals surface area contributed by atoms with E-state index in [1.54, 1.807) is 24.3 Å². The van der Waals surface area contributed by atoms with Gasteiger partial charge in [-0.05, 0) is 90.2 Å². The quantitative estimate of drug-likeness (QED) is 0.178. The van der Waals surface area contributed by atoms with E-state index >= 15 is 0 Å². The van der Waals surface area contributed by atoms with Crippen molar-refractivity contribution in [2.24, 2.45) is 11.8 Å². The SMILES string of the molecule is CN(CCCNC(=O)C1C=CC=C1)CCCN1C(=O)c2ccc3c4c(ccc(c24)C1=O)C(=O)N(CCCN(C)CCCNC(=O)C1C=CC=C1)C3=O. The molecule has 0 unspecified atom stereocenters. The molecule has 2 aliphatic carbocycles. The fourth-order valence-electron chi connectivity index (χ4n) is 7.17. The molecule has 0 fully saturated rings. The third-order valence-corrected chi connectivity index (χ3v) is 10.0. The third kappa shape index (κ3) is 7.83. The lowest BCUT2D eigenvalue weighted by atomic mass is 9.86. The maximum atomic E-state index is 13.7. The topological polar surface area (TPSA) is 139 Å². The van der Waals surface area contributed by atoms with Crippen molar-refractivity contribution in [3.05, 3.63) is 95.1 Å². The summed E-state index contributed by atoms with van der Waals surface area (Å²) in [6.07, 6.45) is 17.6. The van der Waals surface area contributed by atoms with E-state index in [2.05, 4.69) is 20.4 Å². The van der Waals surface area contributed by atoms with Crippen LogP contribution in [0.25, 0.3) is 10.8 Å². The highest BCUT2D eigenvalue weighted by Crippen LogP contribution is 2.38. The second-order valence-electron chi connectivity index (χ2n) is 13.8. The lowest BCUT2D eigenvalue weighted by Gasteiger charge is -2.32. The minimum atomic E-state index is -0.432. The number of rotatable bonds is 18. The summed E-state index contributed by atoms with van der Waals surface area (Å²) in [4.78, 5) is 85.6. The molecule has 6 rings (SSSR count). The van der Waals surface area contributed by atoms with E-state index in [9.17, 15) is 28.8 Å². The largest absolute Gasteiger partial charge is 0.355 e. The number of benzene rings is 2. The van der Waals surface area contributed by atoms with Crippen molar-refractivity contribution in [2.75, 3.05) is 66.5 Å². The first kappa shape index (κ1) is 36.6. The van der Waals surface area contributed by atoms with E-state index < -0.39 is 23.6 Å². The summed E-state index contributed by atoms with van der Waals surface area (Å²) in [6.45, 7) is 4.40. The Balaban J connectivity index is 0.992. The van der Waals surface area contributed by atoms with Gasteiger partial charge in [-0.3, -0.25) is 38.6 Å². The lowest BCUT2D eigenvalue weighted by molar-refractivity contribution is -0.123. The molecule has 52 heavy (non-hydrogen) atoms. The van der Waals surface area contributed by atoms with Gasteiger partial charge in [0.15, 0.2) is 0 Å². The molecule has 2 aromatic rings. The highest BCUT2D eigenvalue weighted by molar-refractivity contribution is 6.33. The fourth-order valence-corrected chi connectivity index (χ4v) is 7.17. The Hall–Kier alpha value is -5.20. The van der Waals surface area contributed by atoms with E-state index in [0.717, 1.165) is 25.9 Å². The molecule has 6 amide bonds. The van der Waals surface area contributed by atoms with Crippen molar-refractivity contribution < 1.29 is 28.8 Å². The first-order valence-corrected chi connectivity index (χ1v) is 18.1. The number of amides is 6. The van der Waals surface area contributed by atoms with Gasteiger partial charge in [-0.25, -0.2) is 0 Å². The van der Waals surface area contributed by atoms with Crippen molar-refractivity contribution in [3.63, 3.8) is 0 Å². The number of nitrogens with zero attached hydrogens (tertiary/aromatic N) is 4. The first-order valence-electron chi connectivity index (χ1n) is 18.1. The van der Waals surface area contributed by atoms with Gasteiger partial charge in [0.25, 0.3) is 23.6 Å². The van der Waals surface area contributed by atoms with Crippen LogP contribution in [-0.4, -0.2) is 121 Å². The van der Waals surface area contributed by atoms with Crippen LogP contribution >= 0.6 is 0 Å². The summed E-state index contributed by atoms with van der Waals surface area (Å²) in [5.74, 6) is -2.15. The molecule has 0 bridgehead atoms. The van der Waals surface area contributed by atoms with E-state index in [4.69, 9.17) is 0 Å². The average Bonchev–Trinajstić information content (AvgIpc) is 3.89. The molecule has 2 N–H and O–H groups in total. The van der Waals surface area contributed by atoms with E-state index in [1.165, 1.54) is 9.80 Å². The first-order chi connectivity index (χ1) is 25.2. The average molecular weight is 707 g/mol. The number of hydrogen-bond donors (Lipinski definition) is 2. The zero-order valence-corrected chi connectivity index (χ0v) is 29.8. The maximum absolute atomic E-state index is 13.7. The minimum Gasteiger partial charge on any atom is -0.355 e.